The number of nitrogens with zero attached hydrogens (tertiary/aromatic N) is 1. The zero-order chi connectivity index (χ0) is 13.0. The van der Waals surface area contributed by atoms with Gasteiger partial charge in [0.25, 0.3) is 0 Å². The maximum Gasteiger partial charge on any atom is 0.0449 e. The van der Waals surface area contributed by atoms with Crippen molar-refractivity contribution in [2.45, 2.75) is 18.2 Å². The molecule has 0 spiro atoms. The second-order valence-corrected chi connectivity index (χ2v) is 5.73. The first-order chi connectivity index (χ1) is 8.65. The normalized spacial score (nSPS) is 18.8. The Morgan fingerprint density at radius 2 is 2.11 bits per heavy atom. The molecule has 0 aromatic heterocycles. The lowest BCUT2D eigenvalue weighted by molar-refractivity contribution is 0.211. The number of hydrogen-bond acceptors (Lipinski definition) is 4. The smallest absolute Gasteiger partial charge is 0.0449 e. The Balaban J connectivity index is 1.85. The van der Waals surface area contributed by atoms with Gasteiger partial charge in [-0.2, -0.15) is 0 Å². The Hall–Kier alpha value is -0.710. The Bertz CT molecular complexity index is 389. The molecule has 100 valence electrons. The zero-order valence-electron chi connectivity index (χ0n) is 11.0. The van der Waals surface area contributed by atoms with Crippen LogP contribution in [0.2, 0.25) is 0 Å². The molecule has 0 aliphatic carbocycles. The highest BCUT2D eigenvalue weighted by Gasteiger charge is 2.13. The van der Waals surface area contributed by atoms with Gasteiger partial charge in [-0.05, 0) is 30.0 Å². The van der Waals surface area contributed by atoms with Gasteiger partial charge >= 0.3 is 0 Å². The maximum atomic E-state index is 5.78. The quantitative estimate of drug-likeness (QED) is 0.573. The first-order valence-electron chi connectivity index (χ1n) is 6.65. The molecule has 1 aliphatic heterocycles. The Morgan fingerprint density at radius 1 is 1.39 bits per heavy atom. The number of piperazine rings is 1. The highest BCUT2D eigenvalue weighted by atomic mass is 32.1. The number of nitrogen functional groups attached to an aromatic ring is 1. The lowest BCUT2D eigenvalue weighted by atomic mass is 10.00. The maximum absolute atomic E-state index is 5.78. The van der Waals surface area contributed by atoms with Crippen molar-refractivity contribution in [3.8, 4) is 0 Å². The summed E-state index contributed by atoms with van der Waals surface area (Å²) >= 11 is 4.38. The predicted molar refractivity (Wildman–Crippen MR) is 80.3 cm³/mol. The number of nitrogens with two attached hydrogens (primary N) is 1. The summed E-state index contributed by atoms with van der Waals surface area (Å²) < 4.78 is 0. The van der Waals surface area contributed by atoms with Crippen LogP contribution in [0.3, 0.4) is 0 Å². The molecule has 1 atom stereocenters. The molecule has 0 radical (unpaired) electrons. The van der Waals surface area contributed by atoms with Crippen LogP contribution >= 0.6 is 12.6 Å². The molecule has 1 aromatic carbocycles. The molecular weight excluding hydrogens is 242 g/mol. The van der Waals surface area contributed by atoms with Gasteiger partial charge in [-0.1, -0.05) is 13.0 Å². The highest BCUT2D eigenvalue weighted by Crippen LogP contribution is 2.20. The van der Waals surface area contributed by atoms with E-state index in [4.69, 9.17) is 5.73 Å². The molecule has 2 rings (SSSR count). The average Bonchev–Trinajstić information content (AvgIpc) is 2.35. The van der Waals surface area contributed by atoms with Crippen LogP contribution in [0, 0.1) is 5.92 Å². The summed E-state index contributed by atoms with van der Waals surface area (Å²) in [6, 6.07) is 6.16. The predicted octanol–water partition coefficient (Wildman–Crippen LogP) is 1.64. The largest absolute Gasteiger partial charge is 0.398 e. The molecule has 0 amide bonds. The number of rotatable bonds is 4. The molecule has 4 heteroatoms. The van der Waals surface area contributed by atoms with Crippen LogP contribution in [0.15, 0.2) is 23.1 Å². The van der Waals surface area contributed by atoms with Gasteiger partial charge in [0.1, 0.15) is 0 Å². The molecule has 3 nitrogen and oxygen atoms in total. The second kappa shape index (κ2) is 6.45. The fourth-order valence-electron chi connectivity index (χ4n) is 2.52. The summed E-state index contributed by atoms with van der Waals surface area (Å²) in [5, 5.41) is 3.39. The van der Waals surface area contributed by atoms with Gasteiger partial charge < -0.3 is 16.0 Å². The molecule has 1 fully saturated rings. The number of benzene rings is 1. The number of hydrogen-bond donors (Lipinski definition) is 3. The Labute approximate surface area is 115 Å². The van der Waals surface area contributed by atoms with Crippen LogP contribution in [0.1, 0.15) is 12.5 Å². The van der Waals surface area contributed by atoms with Crippen molar-refractivity contribution in [2.75, 3.05) is 38.5 Å². The van der Waals surface area contributed by atoms with Crippen LogP contribution in [0.25, 0.3) is 0 Å². The van der Waals surface area contributed by atoms with Crippen molar-refractivity contribution < 1.29 is 0 Å². The Morgan fingerprint density at radius 3 is 2.78 bits per heavy atom. The standard InChI is InChI=1S/C14H23N3S/c1-11(10-17-6-4-16-5-7-17)8-12-2-3-13(15)14(18)9-12/h2-3,9,11,16,18H,4-8,10,15H2,1H3. The summed E-state index contributed by atoms with van der Waals surface area (Å²) in [6.07, 6.45) is 1.10. The van der Waals surface area contributed by atoms with Crippen molar-refractivity contribution in [1.29, 1.82) is 0 Å². The van der Waals surface area contributed by atoms with Crippen LogP contribution in [-0.2, 0) is 6.42 Å². The lowest BCUT2D eigenvalue weighted by Gasteiger charge is -2.29. The minimum absolute atomic E-state index is 0.666. The van der Waals surface area contributed by atoms with Crippen LogP contribution < -0.4 is 11.1 Å². The van der Waals surface area contributed by atoms with E-state index in [1.54, 1.807) is 0 Å². The van der Waals surface area contributed by atoms with Crippen molar-refractivity contribution >= 4 is 18.3 Å². The lowest BCUT2D eigenvalue weighted by Crippen LogP contribution is -2.45. The van der Waals surface area contributed by atoms with E-state index in [2.05, 4.69) is 41.9 Å². The molecule has 1 heterocycles. The summed E-state index contributed by atoms with van der Waals surface area (Å²) in [4.78, 5) is 3.43. The molecule has 18 heavy (non-hydrogen) atoms. The van der Waals surface area contributed by atoms with Gasteiger partial charge in [-0.3, -0.25) is 0 Å². The van der Waals surface area contributed by atoms with Gasteiger partial charge in [0.15, 0.2) is 0 Å². The average molecular weight is 265 g/mol. The van der Waals surface area contributed by atoms with E-state index in [0.717, 1.165) is 30.1 Å². The van der Waals surface area contributed by atoms with Crippen LogP contribution in [0.5, 0.6) is 0 Å². The monoisotopic (exact) mass is 265 g/mol. The van der Waals surface area contributed by atoms with Gasteiger partial charge in [-0.25, -0.2) is 0 Å². The van der Waals surface area contributed by atoms with Crippen LogP contribution in [-0.4, -0.2) is 37.6 Å². The first-order valence-corrected chi connectivity index (χ1v) is 7.10. The molecule has 0 bridgehead atoms. The van der Waals surface area contributed by atoms with E-state index in [1.807, 2.05) is 6.07 Å². The van der Waals surface area contributed by atoms with Crippen molar-refractivity contribution in [2.24, 2.45) is 5.92 Å². The van der Waals surface area contributed by atoms with Gasteiger partial charge in [0.2, 0.25) is 0 Å². The molecule has 3 N–H and O–H groups in total. The first kappa shape index (κ1) is 13.7. The minimum atomic E-state index is 0.666. The fourth-order valence-corrected chi connectivity index (χ4v) is 2.76. The van der Waals surface area contributed by atoms with Crippen molar-refractivity contribution in [1.82, 2.24) is 10.2 Å². The third-order valence-corrected chi connectivity index (χ3v) is 3.85. The molecule has 0 saturated carbocycles. The Kier molecular flexibility index (Phi) is 4.92. The topological polar surface area (TPSA) is 41.3 Å². The number of nitrogens with one attached hydrogen (secondary N) is 1. The van der Waals surface area contributed by atoms with Gasteiger partial charge in [-0.15, -0.1) is 12.6 Å². The van der Waals surface area contributed by atoms with Crippen LogP contribution in [0.4, 0.5) is 5.69 Å². The zero-order valence-corrected chi connectivity index (χ0v) is 11.9. The minimum Gasteiger partial charge on any atom is -0.398 e. The molecular formula is C14H23N3S. The van der Waals surface area contributed by atoms with E-state index in [0.29, 0.717) is 5.92 Å². The van der Waals surface area contributed by atoms with E-state index in [-0.39, 0.29) is 0 Å². The summed E-state index contributed by atoms with van der Waals surface area (Å²) in [6.45, 7) is 8.07. The summed E-state index contributed by atoms with van der Waals surface area (Å²) in [7, 11) is 0. The van der Waals surface area contributed by atoms with Crippen molar-refractivity contribution in [3.05, 3.63) is 23.8 Å². The van der Waals surface area contributed by atoms with Gasteiger partial charge in [0.05, 0.1) is 0 Å². The molecule has 1 aliphatic rings. The summed E-state index contributed by atoms with van der Waals surface area (Å²) in [5.41, 5.74) is 7.87. The van der Waals surface area contributed by atoms with E-state index in [1.165, 1.54) is 25.2 Å². The van der Waals surface area contributed by atoms with E-state index < -0.39 is 0 Å². The van der Waals surface area contributed by atoms with Crippen molar-refractivity contribution in [3.63, 3.8) is 0 Å². The third kappa shape index (κ3) is 3.90. The second-order valence-electron chi connectivity index (χ2n) is 5.25. The number of anilines is 1. The highest BCUT2D eigenvalue weighted by molar-refractivity contribution is 7.80. The molecule has 1 aromatic rings. The SMILES string of the molecule is CC(Cc1ccc(N)c(S)c1)CN1CCNCC1. The van der Waals surface area contributed by atoms with E-state index in [9.17, 15) is 0 Å². The summed E-state index contributed by atoms with van der Waals surface area (Å²) in [5.74, 6) is 0.666. The van der Waals surface area contributed by atoms with Gasteiger partial charge in [0, 0.05) is 43.3 Å². The molecule has 1 saturated heterocycles. The molecule has 1 unspecified atom stereocenters. The number of thiol groups is 1. The fraction of sp³-hybridized carbons (Fsp3) is 0.571. The van der Waals surface area contributed by atoms with E-state index >= 15 is 0 Å². The third-order valence-electron chi connectivity index (χ3n) is 3.46.